The molecule has 2 aliphatic rings. The molecule has 1 aromatic rings. The predicted molar refractivity (Wildman–Crippen MR) is 84.0 cm³/mol. The van der Waals surface area contributed by atoms with Crippen LogP contribution in [0.25, 0.3) is 6.08 Å². The summed E-state index contributed by atoms with van der Waals surface area (Å²) in [5.74, 6) is 0.197. The second-order valence-electron chi connectivity index (χ2n) is 6.31. The zero-order chi connectivity index (χ0) is 15.9. The van der Waals surface area contributed by atoms with Crippen LogP contribution < -0.4 is 4.74 Å². The molecule has 0 amide bonds. The highest BCUT2D eigenvalue weighted by molar-refractivity contribution is 5.99. The van der Waals surface area contributed by atoms with E-state index in [1.807, 2.05) is 19.1 Å². The first kappa shape index (κ1) is 14.7. The van der Waals surface area contributed by atoms with E-state index in [-0.39, 0.29) is 12.4 Å². The third-order valence-corrected chi connectivity index (χ3v) is 4.10. The number of phenols is 1. The van der Waals surface area contributed by atoms with Crippen molar-refractivity contribution in [3.63, 3.8) is 0 Å². The number of carbonyl (C=O) groups is 1. The molecular formula is C18H20O4. The highest BCUT2D eigenvalue weighted by Gasteiger charge is 2.34. The van der Waals surface area contributed by atoms with Crippen LogP contribution in [0, 0.1) is 0 Å². The number of rotatable bonds is 3. The Bertz CT molecular complexity index is 696. The topological polar surface area (TPSA) is 55.8 Å². The molecular weight excluding hydrogens is 280 g/mol. The van der Waals surface area contributed by atoms with Gasteiger partial charge in [-0.05, 0) is 39.7 Å². The number of allylic oxidation sites excluding steroid dienone is 2. The number of hydrogen-bond acceptors (Lipinski definition) is 4. The maximum Gasteiger partial charge on any atom is 0.339 e. The van der Waals surface area contributed by atoms with E-state index in [1.165, 1.54) is 5.57 Å². The third-order valence-electron chi connectivity index (χ3n) is 4.10. The maximum atomic E-state index is 11.9. The van der Waals surface area contributed by atoms with Crippen LogP contribution >= 0.6 is 0 Å². The summed E-state index contributed by atoms with van der Waals surface area (Å²) in [6.07, 6.45) is 7.81. The molecule has 0 aliphatic carbocycles. The lowest BCUT2D eigenvalue weighted by Gasteiger charge is -2.32. The Morgan fingerprint density at radius 2 is 2.23 bits per heavy atom. The van der Waals surface area contributed by atoms with Crippen LogP contribution in [0.2, 0.25) is 0 Å². The van der Waals surface area contributed by atoms with Crippen LogP contribution in [-0.2, 0) is 11.3 Å². The summed E-state index contributed by atoms with van der Waals surface area (Å²) in [7, 11) is 0. The molecule has 0 fully saturated rings. The van der Waals surface area contributed by atoms with Gasteiger partial charge in [-0.2, -0.15) is 0 Å². The van der Waals surface area contributed by atoms with Crippen LogP contribution in [0.3, 0.4) is 0 Å². The van der Waals surface area contributed by atoms with E-state index in [1.54, 1.807) is 6.07 Å². The molecule has 0 saturated heterocycles. The third kappa shape index (κ3) is 2.49. The van der Waals surface area contributed by atoms with Crippen LogP contribution in [0.15, 0.2) is 23.8 Å². The highest BCUT2D eigenvalue weighted by Crippen LogP contribution is 2.42. The number of aromatic hydroxyl groups is 1. The van der Waals surface area contributed by atoms with E-state index < -0.39 is 11.6 Å². The number of hydrogen-bond donors (Lipinski definition) is 1. The highest BCUT2D eigenvalue weighted by atomic mass is 16.5. The van der Waals surface area contributed by atoms with Crippen molar-refractivity contribution < 1.29 is 19.4 Å². The Labute approximate surface area is 130 Å². The van der Waals surface area contributed by atoms with Crippen molar-refractivity contribution in [2.24, 2.45) is 0 Å². The molecule has 0 unspecified atom stereocenters. The number of fused-ring (bicyclic) bond motifs is 3. The maximum absolute atomic E-state index is 11.9. The Morgan fingerprint density at radius 3 is 2.95 bits per heavy atom. The van der Waals surface area contributed by atoms with Gasteiger partial charge in [0.25, 0.3) is 0 Å². The van der Waals surface area contributed by atoms with Gasteiger partial charge in [0.1, 0.15) is 23.7 Å². The van der Waals surface area contributed by atoms with E-state index in [0.29, 0.717) is 22.4 Å². The number of cyclic esters (lactones) is 1. The largest absolute Gasteiger partial charge is 0.507 e. The Hall–Kier alpha value is -2.23. The van der Waals surface area contributed by atoms with Crippen LogP contribution in [0.5, 0.6) is 11.5 Å². The lowest BCUT2D eigenvalue weighted by Crippen LogP contribution is -2.32. The number of phenolic OH excluding ortho intramolecular Hbond substituents is 1. The summed E-state index contributed by atoms with van der Waals surface area (Å²) in [6.45, 7) is 6.27. The van der Waals surface area contributed by atoms with Gasteiger partial charge in [0.05, 0.1) is 5.56 Å². The van der Waals surface area contributed by atoms with Crippen molar-refractivity contribution in [2.45, 2.75) is 45.8 Å². The number of ether oxygens (including phenoxy) is 2. The summed E-state index contributed by atoms with van der Waals surface area (Å²) < 4.78 is 11.1. The average Bonchev–Trinajstić information content (AvgIpc) is 2.81. The van der Waals surface area contributed by atoms with Crippen LogP contribution in [0.4, 0.5) is 0 Å². The molecule has 0 saturated carbocycles. The van der Waals surface area contributed by atoms with Crippen molar-refractivity contribution in [2.75, 3.05) is 0 Å². The molecule has 0 bridgehead atoms. The summed E-state index contributed by atoms with van der Waals surface area (Å²) in [4.78, 5) is 11.9. The van der Waals surface area contributed by atoms with Gasteiger partial charge in [0, 0.05) is 17.2 Å². The predicted octanol–water partition coefficient (Wildman–Crippen LogP) is 3.97. The summed E-state index contributed by atoms with van der Waals surface area (Å²) in [5, 5.41) is 10.1. The molecule has 1 N–H and O–H groups in total. The number of carbonyl (C=O) groups excluding carboxylic acids is 1. The van der Waals surface area contributed by atoms with Gasteiger partial charge in [0.15, 0.2) is 0 Å². The van der Waals surface area contributed by atoms with Crippen molar-refractivity contribution in [1.82, 2.24) is 0 Å². The summed E-state index contributed by atoms with van der Waals surface area (Å²) in [6, 6.07) is 1.58. The van der Waals surface area contributed by atoms with E-state index in [4.69, 9.17) is 9.47 Å². The lowest BCUT2D eigenvalue weighted by molar-refractivity contribution is 0.0533. The normalized spacial score (nSPS) is 21.7. The minimum atomic E-state index is -0.442. The second kappa shape index (κ2) is 5.20. The SMILES string of the molecule is CC(C)=CCC[C@@]1(C)C=Cc2c(cc(O)c3c2C(=O)OC3)O1. The smallest absolute Gasteiger partial charge is 0.339 e. The standard InChI is InChI=1S/C18H20O4/c1-11(2)5-4-7-18(3)8-6-12-15(22-18)9-14(19)13-10-21-17(20)16(12)13/h5-6,8-9,19H,4,7,10H2,1-3H3/t18-/m0/s1. The molecule has 1 atom stereocenters. The molecule has 116 valence electrons. The van der Waals surface area contributed by atoms with Crippen LogP contribution in [0.1, 0.15) is 55.1 Å². The fraction of sp³-hybridized carbons (Fsp3) is 0.389. The molecule has 0 spiro atoms. The summed E-state index contributed by atoms with van der Waals surface area (Å²) in [5.41, 5.74) is 2.52. The Morgan fingerprint density at radius 1 is 1.45 bits per heavy atom. The van der Waals surface area contributed by atoms with Gasteiger partial charge in [-0.15, -0.1) is 0 Å². The minimum Gasteiger partial charge on any atom is -0.507 e. The van der Waals surface area contributed by atoms with E-state index in [2.05, 4.69) is 19.9 Å². The molecule has 4 nitrogen and oxygen atoms in total. The van der Waals surface area contributed by atoms with Crippen molar-refractivity contribution in [3.05, 3.63) is 40.5 Å². The second-order valence-corrected chi connectivity index (χ2v) is 6.31. The summed E-state index contributed by atoms with van der Waals surface area (Å²) >= 11 is 0. The molecule has 3 rings (SSSR count). The van der Waals surface area contributed by atoms with E-state index >= 15 is 0 Å². The van der Waals surface area contributed by atoms with Crippen molar-refractivity contribution >= 4 is 12.0 Å². The van der Waals surface area contributed by atoms with Gasteiger partial charge in [-0.25, -0.2) is 4.79 Å². The molecule has 22 heavy (non-hydrogen) atoms. The minimum absolute atomic E-state index is 0.0570. The first-order valence-electron chi connectivity index (χ1n) is 7.47. The molecule has 2 aliphatic heterocycles. The Kier molecular flexibility index (Phi) is 3.47. The molecule has 0 aromatic heterocycles. The quantitative estimate of drug-likeness (QED) is 0.678. The number of benzene rings is 1. The monoisotopic (exact) mass is 300 g/mol. The fourth-order valence-electron chi connectivity index (χ4n) is 2.87. The van der Waals surface area contributed by atoms with Gasteiger partial charge in [-0.3, -0.25) is 0 Å². The van der Waals surface area contributed by atoms with E-state index in [0.717, 1.165) is 12.8 Å². The van der Waals surface area contributed by atoms with Crippen LogP contribution in [-0.4, -0.2) is 16.7 Å². The van der Waals surface area contributed by atoms with Gasteiger partial charge < -0.3 is 14.6 Å². The lowest BCUT2D eigenvalue weighted by atomic mass is 9.92. The van der Waals surface area contributed by atoms with E-state index in [9.17, 15) is 9.90 Å². The first-order valence-corrected chi connectivity index (χ1v) is 7.47. The molecule has 1 aromatic carbocycles. The molecule has 4 heteroatoms. The zero-order valence-corrected chi connectivity index (χ0v) is 13.1. The number of esters is 1. The van der Waals surface area contributed by atoms with Gasteiger partial charge in [-0.1, -0.05) is 17.7 Å². The molecule has 0 radical (unpaired) electrons. The first-order chi connectivity index (χ1) is 10.4. The van der Waals surface area contributed by atoms with Crippen molar-refractivity contribution in [1.29, 1.82) is 0 Å². The van der Waals surface area contributed by atoms with Gasteiger partial charge in [0.2, 0.25) is 0 Å². The fourth-order valence-corrected chi connectivity index (χ4v) is 2.87. The van der Waals surface area contributed by atoms with Crippen molar-refractivity contribution in [3.8, 4) is 11.5 Å². The average molecular weight is 300 g/mol. The zero-order valence-electron chi connectivity index (χ0n) is 13.1. The molecule has 2 heterocycles. The van der Waals surface area contributed by atoms with Gasteiger partial charge >= 0.3 is 5.97 Å². The Balaban J connectivity index is 1.92.